The van der Waals surface area contributed by atoms with Crippen molar-refractivity contribution in [3.05, 3.63) is 0 Å². The number of rotatable bonds is 0. The van der Waals surface area contributed by atoms with Crippen molar-refractivity contribution < 1.29 is 0 Å². The van der Waals surface area contributed by atoms with Gasteiger partial charge in [-0.25, -0.2) is 0 Å². The van der Waals surface area contributed by atoms with Gasteiger partial charge in [0.2, 0.25) is 0 Å². The smallest absolute Gasteiger partial charge is 0.00192 e. The SMILES string of the molecule is CC1CCN(C)CC1.N. The van der Waals surface area contributed by atoms with E-state index in [-0.39, 0.29) is 6.15 Å². The molecule has 1 rings (SSSR count). The normalized spacial score (nSPS) is 23.3. The molecule has 3 N–H and O–H groups in total. The van der Waals surface area contributed by atoms with Crippen LogP contribution in [0.2, 0.25) is 0 Å². The molecule has 0 saturated carbocycles. The first-order chi connectivity index (χ1) is 3.79. The highest BCUT2D eigenvalue weighted by molar-refractivity contribution is 4.65. The minimum absolute atomic E-state index is 0. The van der Waals surface area contributed by atoms with Gasteiger partial charge in [-0.1, -0.05) is 6.92 Å². The van der Waals surface area contributed by atoms with Gasteiger partial charge in [0.05, 0.1) is 0 Å². The number of hydrogen-bond acceptors (Lipinski definition) is 2. The Bertz CT molecular complexity index is 55.3. The zero-order chi connectivity index (χ0) is 5.98. The third kappa shape index (κ3) is 2.82. The summed E-state index contributed by atoms with van der Waals surface area (Å²) in [5.41, 5.74) is 0. The number of likely N-dealkylation sites (tertiary alicyclic amines) is 1. The second kappa shape index (κ2) is 3.85. The van der Waals surface area contributed by atoms with Crippen molar-refractivity contribution in [3.63, 3.8) is 0 Å². The van der Waals surface area contributed by atoms with Crippen LogP contribution in [0.3, 0.4) is 0 Å². The minimum Gasteiger partial charge on any atom is -0.344 e. The first-order valence-corrected chi connectivity index (χ1v) is 3.47. The van der Waals surface area contributed by atoms with Crippen molar-refractivity contribution in [2.75, 3.05) is 20.1 Å². The van der Waals surface area contributed by atoms with Crippen LogP contribution < -0.4 is 6.15 Å². The molecular weight excluding hydrogens is 112 g/mol. The quantitative estimate of drug-likeness (QED) is 0.539. The van der Waals surface area contributed by atoms with E-state index >= 15 is 0 Å². The fraction of sp³-hybridized carbons (Fsp3) is 1.00. The number of nitrogens with zero attached hydrogens (tertiary/aromatic N) is 1. The Kier molecular flexibility index (Phi) is 3.82. The molecule has 9 heavy (non-hydrogen) atoms. The molecule has 0 spiro atoms. The summed E-state index contributed by atoms with van der Waals surface area (Å²) >= 11 is 0. The predicted molar refractivity (Wildman–Crippen MR) is 40.9 cm³/mol. The molecule has 1 heterocycles. The average molecular weight is 130 g/mol. The molecule has 0 aromatic carbocycles. The lowest BCUT2D eigenvalue weighted by molar-refractivity contribution is 0.230. The van der Waals surface area contributed by atoms with Crippen LogP contribution in [0.15, 0.2) is 0 Å². The lowest BCUT2D eigenvalue weighted by Gasteiger charge is -2.26. The van der Waals surface area contributed by atoms with Gasteiger partial charge in [0.1, 0.15) is 0 Å². The van der Waals surface area contributed by atoms with Crippen molar-refractivity contribution in [3.8, 4) is 0 Å². The molecule has 0 atom stereocenters. The summed E-state index contributed by atoms with van der Waals surface area (Å²) in [6.45, 7) is 4.95. The fourth-order valence-electron chi connectivity index (χ4n) is 1.14. The van der Waals surface area contributed by atoms with Gasteiger partial charge >= 0.3 is 0 Å². The maximum atomic E-state index is 2.40. The zero-order valence-corrected chi connectivity index (χ0v) is 6.56. The van der Waals surface area contributed by atoms with E-state index < -0.39 is 0 Å². The van der Waals surface area contributed by atoms with E-state index in [1.54, 1.807) is 0 Å². The molecule has 2 nitrogen and oxygen atoms in total. The van der Waals surface area contributed by atoms with Gasteiger partial charge in [-0.05, 0) is 38.9 Å². The lowest BCUT2D eigenvalue weighted by Crippen LogP contribution is -2.28. The van der Waals surface area contributed by atoms with Crippen molar-refractivity contribution in [1.29, 1.82) is 0 Å². The highest BCUT2D eigenvalue weighted by atomic mass is 15.1. The molecule has 0 aromatic rings. The standard InChI is InChI=1S/C7H15N.H3N/c1-7-3-5-8(2)6-4-7;/h7H,3-6H2,1-2H3;1H3. The molecule has 0 aromatic heterocycles. The molecule has 1 saturated heterocycles. The van der Waals surface area contributed by atoms with E-state index in [9.17, 15) is 0 Å². The molecule has 0 unspecified atom stereocenters. The molecule has 0 radical (unpaired) electrons. The van der Waals surface area contributed by atoms with Gasteiger partial charge < -0.3 is 11.1 Å². The van der Waals surface area contributed by atoms with Gasteiger partial charge in [-0.2, -0.15) is 0 Å². The molecule has 1 fully saturated rings. The van der Waals surface area contributed by atoms with Crippen molar-refractivity contribution in [2.45, 2.75) is 19.8 Å². The van der Waals surface area contributed by atoms with Crippen LogP contribution in [0, 0.1) is 5.92 Å². The zero-order valence-electron chi connectivity index (χ0n) is 6.56. The molecule has 56 valence electrons. The van der Waals surface area contributed by atoms with Crippen LogP contribution >= 0.6 is 0 Å². The summed E-state index contributed by atoms with van der Waals surface area (Å²) in [6.07, 6.45) is 2.80. The monoisotopic (exact) mass is 130 g/mol. The Hall–Kier alpha value is -0.0800. The Morgan fingerprint density at radius 2 is 1.67 bits per heavy atom. The van der Waals surface area contributed by atoms with Gasteiger partial charge in [0.15, 0.2) is 0 Å². The summed E-state index contributed by atoms with van der Waals surface area (Å²) in [7, 11) is 2.20. The first kappa shape index (κ1) is 8.92. The summed E-state index contributed by atoms with van der Waals surface area (Å²) in [5.74, 6) is 0.978. The molecule has 1 aliphatic rings. The highest BCUT2D eigenvalue weighted by Crippen LogP contribution is 2.13. The molecule has 1 aliphatic heterocycles. The molecule has 0 aliphatic carbocycles. The van der Waals surface area contributed by atoms with Crippen molar-refractivity contribution >= 4 is 0 Å². The Morgan fingerprint density at radius 3 is 2.00 bits per heavy atom. The molecule has 0 bridgehead atoms. The van der Waals surface area contributed by atoms with Crippen LogP contribution in [0.1, 0.15) is 19.8 Å². The second-order valence-corrected chi connectivity index (χ2v) is 2.99. The van der Waals surface area contributed by atoms with Crippen LogP contribution in [0.25, 0.3) is 0 Å². The van der Waals surface area contributed by atoms with Crippen LogP contribution in [-0.2, 0) is 0 Å². The van der Waals surface area contributed by atoms with Crippen molar-refractivity contribution in [1.82, 2.24) is 11.1 Å². The maximum absolute atomic E-state index is 2.40. The molecule has 2 heteroatoms. The number of piperidine rings is 1. The summed E-state index contributed by atoms with van der Waals surface area (Å²) in [4.78, 5) is 2.40. The van der Waals surface area contributed by atoms with E-state index in [4.69, 9.17) is 0 Å². The first-order valence-electron chi connectivity index (χ1n) is 3.47. The highest BCUT2D eigenvalue weighted by Gasteiger charge is 2.10. The summed E-state index contributed by atoms with van der Waals surface area (Å²) in [6, 6.07) is 0. The Labute approximate surface area is 57.8 Å². The molecule has 0 amide bonds. The topological polar surface area (TPSA) is 38.2 Å². The van der Waals surface area contributed by atoms with E-state index in [1.807, 2.05) is 0 Å². The van der Waals surface area contributed by atoms with Crippen LogP contribution in [0.5, 0.6) is 0 Å². The van der Waals surface area contributed by atoms with Gasteiger partial charge in [0, 0.05) is 0 Å². The largest absolute Gasteiger partial charge is 0.344 e. The van der Waals surface area contributed by atoms with Crippen molar-refractivity contribution in [2.24, 2.45) is 5.92 Å². The second-order valence-electron chi connectivity index (χ2n) is 2.99. The number of hydrogen-bond donors (Lipinski definition) is 1. The Morgan fingerprint density at radius 1 is 1.22 bits per heavy atom. The summed E-state index contributed by atoms with van der Waals surface area (Å²) < 4.78 is 0. The fourth-order valence-corrected chi connectivity index (χ4v) is 1.14. The minimum atomic E-state index is 0. The van der Waals surface area contributed by atoms with E-state index in [2.05, 4.69) is 18.9 Å². The van der Waals surface area contributed by atoms with E-state index in [0.29, 0.717) is 0 Å². The Balaban J connectivity index is 0.000000640. The van der Waals surface area contributed by atoms with Gasteiger partial charge in [-0.3, -0.25) is 0 Å². The molecular formula is C7H18N2. The maximum Gasteiger partial charge on any atom is -0.00192 e. The van der Waals surface area contributed by atoms with Gasteiger partial charge in [0.25, 0.3) is 0 Å². The summed E-state index contributed by atoms with van der Waals surface area (Å²) in [5, 5.41) is 0. The lowest BCUT2D eigenvalue weighted by atomic mass is 10.00. The van der Waals surface area contributed by atoms with E-state index in [0.717, 1.165) is 5.92 Å². The predicted octanol–water partition coefficient (Wildman–Crippen LogP) is 1.51. The average Bonchev–Trinajstić information content (AvgIpc) is 1.77. The van der Waals surface area contributed by atoms with E-state index in [1.165, 1.54) is 25.9 Å². The third-order valence-electron chi connectivity index (χ3n) is 2.01. The van der Waals surface area contributed by atoms with Gasteiger partial charge in [-0.15, -0.1) is 0 Å². The third-order valence-corrected chi connectivity index (χ3v) is 2.01. The van der Waals surface area contributed by atoms with Crippen LogP contribution in [0.4, 0.5) is 0 Å². The van der Waals surface area contributed by atoms with Crippen LogP contribution in [-0.4, -0.2) is 25.0 Å².